The second kappa shape index (κ2) is 5.17. The van der Waals surface area contributed by atoms with Crippen molar-refractivity contribution in [3.05, 3.63) is 41.9 Å². The summed E-state index contributed by atoms with van der Waals surface area (Å²) in [4.78, 5) is 4.56. The Bertz CT molecular complexity index is 547. The van der Waals surface area contributed by atoms with Crippen molar-refractivity contribution in [1.82, 2.24) is 9.55 Å². The number of nitrogens with zero attached hydrogens (tertiary/aromatic N) is 2. The fourth-order valence-corrected chi connectivity index (χ4v) is 2.12. The normalized spacial score (nSPS) is 11.8. The lowest BCUT2D eigenvalue weighted by atomic mass is 9.86. The average Bonchev–Trinajstić information content (AvgIpc) is 2.71. The molecule has 3 heteroatoms. The van der Waals surface area contributed by atoms with Gasteiger partial charge in [-0.2, -0.15) is 0 Å². The van der Waals surface area contributed by atoms with Crippen LogP contribution in [0.1, 0.15) is 32.2 Å². The molecule has 1 aromatic heterocycles. The van der Waals surface area contributed by atoms with E-state index in [2.05, 4.69) is 50.0 Å². The molecule has 0 bridgehead atoms. The van der Waals surface area contributed by atoms with E-state index in [0.717, 1.165) is 17.1 Å². The molecule has 1 aromatic carbocycles. The fraction of sp³-hybridized carbons (Fsp3) is 0.438. The molecule has 0 fully saturated rings. The second-order valence-corrected chi connectivity index (χ2v) is 5.95. The monoisotopic (exact) mass is 258 g/mol. The first-order valence-electron chi connectivity index (χ1n) is 6.66. The van der Waals surface area contributed by atoms with Gasteiger partial charge in [-0.05, 0) is 11.0 Å². The second-order valence-electron chi connectivity index (χ2n) is 5.95. The van der Waals surface area contributed by atoms with E-state index in [1.165, 1.54) is 5.56 Å². The summed E-state index contributed by atoms with van der Waals surface area (Å²) in [5, 5.41) is 9.00. The zero-order valence-corrected chi connectivity index (χ0v) is 12.1. The highest BCUT2D eigenvalue weighted by atomic mass is 16.3. The lowest BCUT2D eigenvalue weighted by Crippen LogP contribution is -2.10. The van der Waals surface area contributed by atoms with E-state index in [0.29, 0.717) is 6.42 Å². The maximum Gasteiger partial charge on any atom is 0.111 e. The van der Waals surface area contributed by atoms with Gasteiger partial charge in [-0.3, -0.25) is 0 Å². The van der Waals surface area contributed by atoms with E-state index >= 15 is 0 Å². The lowest BCUT2D eigenvalue weighted by Gasteiger charge is -2.18. The summed E-state index contributed by atoms with van der Waals surface area (Å²) in [6, 6.07) is 8.56. The quantitative estimate of drug-likeness (QED) is 0.919. The van der Waals surface area contributed by atoms with Crippen molar-refractivity contribution in [2.75, 3.05) is 6.61 Å². The molecule has 0 aliphatic heterocycles. The largest absolute Gasteiger partial charge is 0.396 e. The summed E-state index contributed by atoms with van der Waals surface area (Å²) < 4.78 is 1.98. The Kier molecular flexibility index (Phi) is 3.76. The van der Waals surface area contributed by atoms with Crippen LogP contribution in [0.4, 0.5) is 0 Å². The number of rotatable bonds is 3. The van der Waals surface area contributed by atoms with Crippen molar-refractivity contribution in [3.8, 4) is 11.3 Å². The van der Waals surface area contributed by atoms with Crippen LogP contribution in [0.15, 0.2) is 30.5 Å². The third kappa shape index (κ3) is 3.04. The van der Waals surface area contributed by atoms with Crippen LogP contribution in [0.3, 0.4) is 0 Å². The van der Waals surface area contributed by atoms with E-state index in [-0.39, 0.29) is 12.0 Å². The Morgan fingerprint density at radius 1 is 1.16 bits per heavy atom. The van der Waals surface area contributed by atoms with Crippen molar-refractivity contribution >= 4 is 0 Å². The molecule has 0 aliphatic rings. The molecule has 1 N–H and O–H groups in total. The number of imidazole rings is 1. The van der Waals surface area contributed by atoms with Crippen LogP contribution in [-0.4, -0.2) is 21.3 Å². The molecule has 0 aliphatic carbocycles. The molecule has 1 heterocycles. The maximum absolute atomic E-state index is 9.00. The minimum atomic E-state index is 0.132. The average molecular weight is 258 g/mol. The van der Waals surface area contributed by atoms with Gasteiger partial charge in [0.1, 0.15) is 5.82 Å². The molecule has 0 atom stereocenters. The van der Waals surface area contributed by atoms with Crippen molar-refractivity contribution in [2.45, 2.75) is 32.6 Å². The Morgan fingerprint density at radius 2 is 1.79 bits per heavy atom. The molecular weight excluding hydrogens is 236 g/mol. The molecule has 3 nitrogen and oxygen atoms in total. The predicted octanol–water partition coefficient (Wildman–Crippen LogP) is 2.92. The highest BCUT2D eigenvalue weighted by Gasteiger charge is 2.14. The van der Waals surface area contributed by atoms with E-state index in [1.54, 1.807) is 0 Å². The third-order valence-corrected chi connectivity index (χ3v) is 3.35. The van der Waals surface area contributed by atoms with Gasteiger partial charge in [-0.1, -0.05) is 45.0 Å². The van der Waals surface area contributed by atoms with Gasteiger partial charge in [0.15, 0.2) is 0 Å². The zero-order chi connectivity index (χ0) is 14.0. The van der Waals surface area contributed by atoms with Gasteiger partial charge in [-0.15, -0.1) is 0 Å². The summed E-state index contributed by atoms with van der Waals surface area (Å²) in [7, 11) is 1.96. The van der Waals surface area contributed by atoms with E-state index in [4.69, 9.17) is 5.11 Å². The number of aliphatic hydroxyl groups is 1. The minimum Gasteiger partial charge on any atom is -0.396 e. The molecule has 0 saturated heterocycles. The smallest absolute Gasteiger partial charge is 0.111 e. The first-order chi connectivity index (χ1) is 8.91. The maximum atomic E-state index is 9.00. The Hall–Kier alpha value is -1.61. The highest BCUT2D eigenvalue weighted by Crippen LogP contribution is 2.25. The van der Waals surface area contributed by atoms with Crippen molar-refractivity contribution in [1.29, 1.82) is 0 Å². The van der Waals surface area contributed by atoms with Gasteiger partial charge < -0.3 is 9.67 Å². The molecule has 0 unspecified atom stereocenters. The topological polar surface area (TPSA) is 38.0 Å². The molecule has 0 radical (unpaired) electrons. The van der Waals surface area contributed by atoms with Gasteiger partial charge >= 0.3 is 0 Å². The van der Waals surface area contributed by atoms with Crippen LogP contribution in [0.5, 0.6) is 0 Å². The minimum absolute atomic E-state index is 0.132. The van der Waals surface area contributed by atoms with Crippen LogP contribution in [0.25, 0.3) is 11.3 Å². The van der Waals surface area contributed by atoms with Crippen molar-refractivity contribution in [2.24, 2.45) is 7.05 Å². The molecule has 102 valence electrons. The summed E-state index contributed by atoms with van der Waals surface area (Å²) >= 11 is 0. The van der Waals surface area contributed by atoms with E-state index in [9.17, 15) is 0 Å². The molecule has 0 spiro atoms. The Labute approximate surface area is 114 Å². The van der Waals surface area contributed by atoms with Crippen LogP contribution < -0.4 is 0 Å². The SMILES string of the molecule is Cn1cc(-c2ccc(C(C)(C)C)cc2)nc1CCO. The summed E-state index contributed by atoms with van der Waals surface area (Å²) in [6.45, 7) is 6.76. The van der Waals surface area contributed by atoms with E-state index in [1.807, 2.05) is 17.8 Å². The Balaban J connectivity index is 2.30. The van der Waals surface area contributed by atoms with Gasteiger partial charge in [0.05, 0.1) is 12.3 Å². The number of aryl methyl sites for hydroxylation is 1. The molecular formula is C16H22N2O. The van der Waals surface area contributed by atoms with Gasteiger partial charge in [-0.25, -0.2) is 4.98 Å². The molecule has 0 saturated carbocycles. The third-order valence-electron chi connectivity index (χ3n) is 3.35. The summed E-state index contributed by atoms with van der Waals surface area (Å²) in [6.07, 6.45) is 2.60. The highest BCUT2D eigenvalue weighted by molar-refractivity contribution is 5.59. The van der Waals surface area contributed by atoms with Crippen molar-refractivity contribution < 1.29 is 5.11 Å². The van der Waals surface area contributed by atoms with Crippen LogP contribution in [0, 0.1) is 0 Å². The zero-order valence-electron chi connectivity index (χ0n) is 12.1. The van der Waals surface area contributed by atoms with Crippen LogP contribution in [0.2, 0.25) is 0 Å². The number of hydrogen-bond acceptors (Lipinski definition) is 2. The van der Waals surface area contributed by atoms with Gasteiger partial charge in [0.2, 0.25) is 0 Å². The molecule has 19 heavy (non-hydrogen) atoms. The number of aliphatic hydroxyl groups excluding tert-OH is 1. The van der Waals surface area contributed by atoms with Crippen molar-refractivity contribution in [3.63, 3.8) is 0 Å². The number of hydrogen-bond donors (Lipinski definition) is 1. The van der Waals surface area contributed by atoms with Gasteiger partial charge in [0, 0.05) is 25.2 Å². The van der Waals surface area contributed by atoms with E-state index < -0.39 is 0 Å². The molecule has 2 rings (SSSR count). The summed E-state index contributed by atoms with van der Waals surface area (Å²) in [5.74, 6) is 0.914. The summed E-state index contributed by atoms with van der Waals surface area (Å²) in [5.41, 5.74) is 3.58. The number of aromatic nitrogens is 2. The Morgan fingerprint density at radius 3 is 2.32 bits per heavy atom. The fourth-order valence-electron chi connectivity index (χ4n) is 2.12. The first kappa shape index (κ1) is 13.8. The van der Waals surface area contributed by atoms with Crippen LogP contribution >= 0.6 is 0 Å². The molecule has 0 amide bonds. The lowest BCUT2D eigenvalue weighted by molar-refractivity contribution is 0.295. The standard InChI is InChI=1S/C16H22N2O/c1-16(2,3)13-7-5-12(6-8-13)14-11-18(4)15(17-14)9-10-19/h5-8,11,19H,9-10H2,1-4H3. The van der Waals surface area contributed by atoms with Gasteiger partial charge in [0.25, 0.3) is 0 Å². The predicted molar refractivity (Wildman–Crippen MR) is 78.1 cm³/mol. The first-order valence-corrected chi connectivity index (χ1v) is 6.66. The number of benzene rings is 1. The molecule has 2 aromatic rings. The van der Waals surface area contributed by atoms with Crippen LogP contribution in [-0.2, 0) is 18.9 Å².